The van der Waals surface area contributed by atoms with Crippen molar-refractivity contribution in [2.75, 3.05) is 13.6 Å². The van der Waals surface area contributed by atoms with Crippen LogP contribution in [-0.2, 0) is 13.0 Å². The summed E-state index contributed by atoms with van der Waals surface area (Å²) < 4.78 is 19.0. The highest BCUT2D eigenvalue weighted by Crippen LogP contribution is 2.19. The molecule has 0 atom stereocenters. The number of hydrogen-bond acceptors (Lipinski definition) is 3. The third-order valence-electron chi connectivity index (χ3n) is 3.55. The monoisotopic (exact) mass is 480 g/mol. The molecule has 0 radical (unpaired) electrons. The summed E-state index contributed by atoms with van der Waals surface area (Å²) in [6, 6.07) is 6.61. The van der Waals surface area contributed by atoms with Gasteiger partial charge in [-0.25, -0.2) is 4.39 Å². The van der Waals surface area contributed by atoms with Crippen LogP contribution in [-0.4, -0.2) is 24.7 Å². The highest BCUT2D eigenvalue weighted by molar-refractivity contribution is 14.0. The standard InChI is InChI=1S/C17H22ClFN4O.HI/c1-11(2)16-9-12(24-23-16)10-22-17(20-3)21-8-7-13-14(18)5-4-6-15(13)19;/h4-6,9,11H,7-8,10H2,1-3H3,(H2,20,21,22);1H. The molecule has 8 heteroatoms. The van der Waals surface area contributed by atoms with Crippen molar-refractivity contribution in [3.05, 3.63) is 52.1 Å². The molecule has 138 valence electrons. The molecule has 2 rings (SSSR count). The molecule has 0 fully saturated rings. The van der Waals surface area contributed by atoms with Crippen LogP contribution >= 0.6 is 35.6 Å². The van der Waals surface area contributed by atoms with Gasteiger partial charge in [-0.15, -0.1) is 24.0 Å². The van der Waals surface area contributed by atoms with Crippen LogP contribution in [0, 0.1) is 5.82 Å². The van der Waals surface area contributed by atoms with E-state index in [-0.39, 0.29) is 29.8 Å². The fraction of sp³-hybridized carbons (Fsp3) is 0.412. The summed E-state index contributed by atoms with van der Waals surface area (Å²) in [5.74, 6) is 1.37. The lowest BCUT2D eigenvalue weighted by Crippen LogP contribution is -2.37. The van der Waals surface area contributed by atoms with Crippen molar-refractivity contribution in [3.63, 3.8) is 0 Å². The normalized spacial score (nSPS) is 11.4. The summed E-state index contributed by atoms with van der Waals surface area (Å²) in [6.07, 6.45) is 0.464. The molecule has 0 unspecified atom stereocenters. The van der Waals surface area contributed by atoms with Crippen LogP contribution in [0.3, 0.4) is 0 Å². The average molecular weight is 481 g/mol. The zero-order chi connectivity index (χ0) is 17.5. The highest BCUT2D eigenvalue weighted by atomic mass is 127. The van der Waals surface area contributed by atoms with Crippen molar-refractivity contribution in [2.45, 2.75) is 32.7 Å². The minimum atomic E-state index is -0.296. The third-order valence-corrected chi connectivity index (χ3v) is 3.91. The van der Waals surface area contributed by atoms with Gasteiger partial charge in [0.25, 0.3) is 0 Å². The van der Waals surface area contributed by atoms with Crippen LogP contribution in [0.15, 0.2) is 33.8 Å². The quantitative estimate of drug-likeness (QED) is 0.371. The van der Waals surface area contributed by atoms with Crippen LogP contribution in [0.25, 0.3) is 0 Å². The zero-order valence-corrected chi connectivity index (χ0v) is 17.6. The molecule has 0 saturated carbocycles. The zero-order valence-electron chi connectivity index (χ0n) is 14.5. The molecule has 0 saturated heterocycles. The average Bonchev–Trinajstić information content (AvgIpc) is 3.02. The van der Waals surface area contributed by atoms with Crippen molar-refractivity contribution in [1.29, 1.82) is 0 Å². The second kappa shape index (κ2) is 10.6. The Bertz CT molecular complexity index is 685. The third kappa shape index (κ3) is 6.47. The molecular weight excluding hydrogens is 458 g/mol. The summed E-state index contributed by atoms with van der Waals surface area (Å²) in [5, 5.41) is 10.7. The Morgan fingerprint density at radius 2 is 2.12 bits per heavy atom. The van der Waals surface area contributed by atoms with Crippen molar-refractivity contribution >= 4 is 41.5 Å². The number of aliphatic imine (C=N–C) groups is 1. The minimum Gasteiger partial charge on any atom is -0.359 e. The van der Waals surface area contributed by atoms with Gasteiger partial charge in [0.2, 0.25) is 0 Å². The van der Waals surface area contributed by atoms with Gasteiger partial charge < -0.3 is 15.2 Å². The fourth-order valence-electron chi connectivity index (χ4n) is 2.15. The summed E-state index contributed by atoms with van der Waals surface area (Å²) in [4.78, 5) is 4.13. The predicted molar refractivity (Wildman–Crippen MR) is 109 cm³/mol. The summed E-state index contributed by atoms with van der Waals surface area (Å²) in [7, 11) is 1.67. The van der Waals surface area contributed by atoms with Crippen molar-refractivity contribution in [3.8, 4) is 0 Å². The van der Waals surface area contributed by atoms with E-state index in [2.05, 4.69) is 34.6 Å². The fourth-order valence-corrected chi connectivity index (χ4v) is 2.41. The molecule has 1 heterocycles. The Labute approximate surface area is 169 Å². The van der Waals surface area contributed by atoms with E-state index >= 15 is 0 Å². The van der Waals surface area contributed by atoms with E-state index in [0.717, 1.165) is 11.5 Å². The first kappa shape index (κ1) is 21.7. The van der Waals surface area contributed by atoms with E-state index < -0.39 is 0 Å². The second-order valence-electron chi connectivity index (χ2n) is 5.68. The highest BCUT2D eigenvalue weighted by Gasteiger charge is 2.09. The number of aromatic nitrogens is 1. The molecule has 5 nitrogen and oxygen atoms in total. The lowest BCUT2D eigenvalue weighted by Gasteiger charge is -2.11. The van der Waals surface area contributed by atoms with Gasteiger partial charge in [0.1, 0.15) is 5.82 Å². The number of nitrogens with zero attached hydrogens (tertiary/aromatic N) is 2. The molecule has 0 aliphatic rings. The molecule has 0 spiro atoms. The van der Waals surface area contributed by atoms with Crippen LogP contribution in [0.1, 0.15) is 36.8 Å². The summed E-state index contributed by atoms with van der Waals surface area (Å²) in [6.45, 7) is 5.10. The molecule has 1 aromatic carbocycles. The van der Waals surface area contributed by atoms with Crippen molar-refractivity contribution in [2.24, 2.45) is 4.99 Å². The molecule has 0 aliphatic carbocycles. The van der Waals surface area contributed by atoms with Gasteiger partial charge in [-0.3, -0.25) is 4.99 Å². The first-order chi connectivity index (χ1) is 11.5. The lowest BCUT2D eigenvalue weighted by molar-refractivity contribution is 0.372. The number of guanidine groups is 1. The van der Waals surface area contributed by atoms with Crippen molar-refractivity contribution in [1.82, 2.24) is 15.8 Å². The number of rotatable bonds is 6. The molecular formula is C17H23ClFIN4O. The summed E-state index contributed by atoms with van der Waals surface area (Å²) >= 11 is 6.01. The van der Waals surface area contributed by atoms with E-state index in [1.807, 2.05) is 6.07 Å². The lowest BCUT2D eigenvalue weighted by atomic mass is 10.1. The predicted octanol–water partition coefficient (Wildman–Crippen LogP) is 4.12. The largest absolute Gasteiger partial charge is 0.359 e. The molecule has 2 N–H and O–H groups in total. The van der Waals surface area contributed by atoms with Gasteiger partial charge in [0.15, 0.2) is 11.7 Å². The van der Waals surface area contributed by atoms with Crippen LogP contribution in [0.4, 0.5) is 4.39 Å². The van der Waals surface area contributed by atoms with Gasteiger partial charge in [-0.2, -0.15) is 0 Å². The van der Waals surface area contributed by atoms with Gasteiger partial charge in [-0.05, 0) is 24.5 Å². The van der Waals surface area contributed by atoms with Crippen molar-refractivity contribution < 1.29 is 8.91 Å². The number of nitrogens with one attached hydrogen (secondary N) is 2. The Balaban J connectivity index is 0.00000312. The SMILES string of the molecule is CN=C(NCCc1c(F)cccc1Cl)NCc1cc(C(C)C)no1.I. The maximum Gasteiger partial charge on any atom is 0.191 e. The Morgan fingerprint density at radius 1 is 1.36 bits per heavy atom. The van der Waals surface area contributed by atoms with Gasteiger partial charge >= 0.3 is 0 Å². The van der Waals surface area contributed by atoms with E-state index in [1.165, 1.54) is 6.07 Å². The number of halogens is 3. The van der Waals surface area contributed by atoms with Gasteiger partial charge in [-0.1, -0.05) is 36.7 Å². The second-order valence-corrected chi connectivity index (χ2v) is 6.08. The van der Waals surface area contributed by atoms with Crippen LogP contribution < -0.4 is 10.6 Å². The first-order valence-electron chi connectivity index (χ1n) is 7.84. The van der Waals surface area contributed by atoms with E-state index in [9.17, 15) is 4.39 Å². The maximum atomic E-state index is 13.7. The Kier molecular flexibility index (Phi) is 9.20. The Morgan fingerprint density at radius 3 is 2.72 bits per heavy atom. The van der Waals surface area contributed by atoms with Crippen LogP contribution in [0.5, 0.6) is 0 Å². The number of benzene rings is 1. The molecule has 25 heavy (non-hydrogen) atoms. The first-order valence-corrected chi connectivity index (χ1v) is 8.22. The molecule has 0 bridgehead atoms. The van der Waals surface area contributed by atoms with Crippen LogP contribution in [0.2, 0.25) is 5.02 Å². The molecule has 0 aliphatic heterocycles. The van der Waals surface area contributed by atoms with E-state index in [0.29, 0.717) is 42.0 Å². The smallest absolute Gasteiger partial charge is 0.191 e. The molecule has 1 aromatic heterocycles. The van der Waals surface area contributed by atoms with Gasteiger partial charge in [0, 0.05) is 30.2 Å². The minimum absolute atomic E-state index is 0. The molecule has 2 aromatic rings. The maximum absolute atomic E-state index is 13.7. The Hall–Kier alpha value is -1.35. The summed E-state index contributed by atoms with van der Waals surface area (Å²) in [5.41, 5.74) is 1.42. The van der Waals surface area contributed by atoms with E-state index in [1.54, 1.807) is 19.2 Å². The molecule has 0 amide bonds. The van der Waals surface area contributed by atoms with Gasteiger partial charge in [0.05, 0.1) is 12.2 Å². The number of hydrogen-bond donors (Lipinski definition) is 2. The van der Waals surface area contributed by atoms with E-state index in [4.69, 9.17) is 16.1 Å². The topological polar surface area (TPSA) is 62.5 Å².